The van der Waals surface area contributed by atoms with Crippen molar-refractivity contribution in [1.82, 2.24) is 9.36 Å². The van der Waals surface area contributed by atoms with Gasteiger partial charge in [-0.05, 0) is 35.3 Å². The zero-order valence-electron chi connectivity index (χ0n) is 12.6. The van der Waals surface area contributed by atoms with Crippen LogP contribution in [-0.4, -0.2) is 15.6 Å². The monoisotopic (exact) mass is 331 g/mol. The molecule has 2 heterocycles. The molecule has 0 aliphatic heterocycles. The molecule has 2 aromatic carbocycles. The normalized spacial score (nSPS) is 10.7. The SMILES string of the molecule is O=Cc1ccc(Nc2nsc3c(-c4ccccc4)cccc23)nc1. The van der Waals surface area contributed by atoms with Gasteiger partial charge in [0.2, 0.25) is 0 Å². The number of hydrogen-bond acceptors (Lipinski definition) is 5. The van der Waals surface area contributed by atoms with Crippen molar-refractivity contribution in [2.45, 2.75) is 0 Å². The van der Waals surface area contributed by atoms with Gasteiger partial charge in [0.05, 0.1) is 4.70 Å². The lowest BCUT2D eigenvalue weighted by atomic mass is 10.0. The molecule has 0 saturated heterocycles. The van der Waals surface area contributed by atoms with Gasteiger partial charge in [-0.2, -0.15) is 4.37 Å². The number of aromatic nitrogens is 2. The lowest BCUT2D eigenvalue weighted by Crippen LogP contribution is -1.94. The second kappa shape index (κ2) is 6.22. The Morgan fingerprint density at radius 3 is 2.58 bits per heavy atom. The van der Waals surface area contributed by atoms with Crippen LogP contribution in [0.3, 0.4) is 0 Å². The maximum absolute atomic E-state index is 10.7. The molecule has 1 N–H and O–H groups in total. The van der Waals surface area contributed by atoms with Crippen LogP contribution in [0, 0.1) is 0 Å². The van der Waals surface area contributed by atoms with Crippen LogP contribution in [0.2, 0.25) is 0 Å². The van der Waals surface area contributed by atoms with E-state index < -0.39 is 0 Å². The first-order chi connectivity index (χ1) is 11.8. The van der Waals surface area contributed by atoms with Crippen molar-refractivity contribution in [1.29, 1.82) is 0 Å². The molecular weight excluding hydrogens is 318 g/mol. The van der Waals surface area contributed by atoms with Gasteiger partial charge in [-0.15, -0.1) is 0 Å². The molecule has 2 aromatic heterocycles. The van der Waals surface area contributed by atoms with Gasteiger partial charge in [-0.25, -0.2) is 4.98 Å². The second-order valence-electron chi connectivity index (χ2n) is 5.30. The maximum Gasteiger partial charge on any atom is 0.153 e. The lowest BCUT2D eigenvalue weighted by Gasteiger charge is -2.05. The van der Waals surface area contributed by atoms with Gasteiger partial charge in [0.25, 0.3) is 0 Å². The van der Waals surface area contributed by atoms with E-state index in [1.54, 1.807) is 18.3 Å². The highest BCUT2D eigenvalue weighted by Gasteiger charge is 2.11. The van der Waals surface area contributed by atoms with E-state index in [0.29, 0.717) is 11.4 Å². The van der Waals surface area contributed by atoms with Gasteiger partial charge in [-0.1, -0.05) is 42.5 Å². The van der Waals surface area contributed by atoms with Gasteiger partial charge in [0.15, 0.2) is 12.1 Å². The number of pyridine rings is 1. The molecule has 0 aliphatic carbocycles. The van der Waals surface area contributed by atoms with Gasteiger partial charge in [0.1, 0.15) is 5.82 Å². The third-order valence-corrected chi connectivity index (χ3v) is 4.65. The second-order valence-corrected chi connectivity index (χ2v) is 6.07. The highest BCUT2D eigenvalue weighted by atomic mass is 32.1. The van der Waals surface area contributed by atoms with E-state index >= 15 is 0 Å². The molecule has 4 nitrogen and oxygen atoms in total. The van der Waals surface area contributed by atoms with Gasteiger partial charge < -0.3 is 5.32 Å². The van der Waals surface area contributed by atoms with E-state index in [1.807, 2.05) is 30.3 Å². The maximum atomic E-state index is 10.7. The number of fused-ring (bicyclic) bond motifs is 1. The van der Waals surface area contributed by atoms with Crippen molar-refractivity contribution in [3.63, 3.8) is 0 Å². The average Bonchev–Trinajstić information content (AvgIpc) is 3.06. The zero-order valence-corrected chi connectivity index (χ0v) is 13.5. The van der Waals surface area contributed by atoms with Gasteiger partial charge >= 0.3 is 0 Å². The highest BCUT2D eigenvalue weighted by Crippen LogP contribution is 2.36. The highest BCUT2D eigenvalue weighted by molar-refractivity contribution is 7.14. The molecule has 0 bridgehead atoms. The third kappa shape index (κ3) is 2.66. The van der Waals surface area contributed by atoms with E-state index in [-0.39, 0.29) is 0 Å². The van der Waals surface area contributed by atoms with E-state index in [2.05, 4.69) is 32.9 Å². The summed E-state index contributed by atoms with van der Waals surface area (Å²) in [5.74, 6) is 1.44. The molecule has 24 heavy (non-hydrogen) atoms. The van der Waals surface area contributed by atoms with Crippen molar-refractivity contribution in [3.8, 4) is 11.1 Å². The number of nitrogens with zero attached hydrogens (tertiary/aromatic N) is 2. The summed E-state index contributed by atoms with van der Waals surface area (Å²) in [7, 11) is 0. The van der Waals surface area contributed by atoms with Crippen LogP contribution < -0.4 is 5.32 Å². The first-order valence-electron chi connectivity index (χ1n) is 7.47. The molecule has 4 aromatic rings. The summed E-state index contributed by atoms with van der Waals surface area (Å²) in [4.78, 5) is 14.9. The molecule has 5 heteroatoms. The van der Waals surface area contributed by atoms with Crippen molar-refractivity contribution in [2.75, 3.05) is 5.32 Å². The van der Waals surface area contributed by atoms with Crippen LogP contribution in [0.15, 0.2) is 66.9 Å². The molecule has 0 fully saturated rings. The lowest BCUT2D eigenvalue weighted by molar-refractivity contribution is 0.112. The number of aldehydes is 1. The summed E-state index contributed by atoms with van der Waals surface area (Å²) in [6.45, 7) is 0. The Kier molecular flexibility index (Phi) is 3.76. The van der Waals surface area contributed by atoms with Crippen molar-refractivity contribution in [3.05, 3.63) is 72.4 Å². The fourth-order valence-corrected chi connectivity index (χ4v) is 3.44. The number of anilines is 2. The van der Waals surface area contributed by atoms with Gasteiger partial charge in [0, 0.05) is 22.7 Å². The minimum atomic E-state index is 0.551. The first kappa shape index (κ1) is 14.5. The van der Waals surface area contributed by atoms with Crippen LogP contribution >= 0.6 is 11.5 Å². The summed E-state index contributed by atoms with van der Waals surface area (Å²) in [5, 5.41) is 4.29. The number of carbonyl (C=O) groups is 1. The molecular formula is C19H13N3OS. The quantitative estimate of drug-likeness (QED) is 0.540. The fraction of sp³-hybridized carbons (Fsp3) is 0. The van der Waals surface area contributed by atoms with Crippen LogP contribution in [-0.2, 0) is 0 Å². The number of hydrogen-bond donors (Lipinski definition) is 1. The third-order valence-electron chi connectivity index (χ3n) is 3.75. The molecule has 0 unspecified atom stereocenters. The fourth-order valence-electron chi connectivity index (χ4n) is 2.57. The number of benzene rings is 2. The Labute approximate surface area is 143 Å². The molecule has 116 valence electrons. The Morgan fingerprint density at radius 2 is 1.83 bits per heavy atom. The summed E-state index contributed by atoms with van der Waals surface area (Å²) < 4.78 is 5.68. The predicted molar refractivity (Wildman–Crippen MR) is 98.0 cm³/mol. The topological polar surface area (TPSA) is 54.9 Å². The molecule has 0 aliphatic rings. The standard InChI is InChI=1S/C19H13N3OS/c23-12-13-9-10-17(20-11-13)21-19-16-8-4-7-15(18(16)24-22-19)14-5-2-1-3-6-14/h1-12H,(H,20,21,22). The van der Waals surface area contributed by atoms with Gasteiger partial charge in [-0.3, -0.25) is 4.79 Å². The summed E-state index contributed by atoms with van der Waals surface area (Å²) >= 11 is 1.47. The van der Waals surface area contributed by atoms with Crippen molar-refractivity contribution < 1.29 is 4.79 Å². The van der Waals surface area contributed by atoms with E-state index in [1.165, 1.54) is 22.7 Å². The first-order valence-corrected chi connectivity index (χ1v) is 8.24. The van der Waals surface area contributed by atoms with Crippen LogP contribution in [0.5, 0.6) is 0 Å². The number of carbonyl (C=O) groups excluding carboxylic acids is 1. The molecule has 0 amide bonds. The summed E-state index contributed by atoms with van der Waals surface area (Å²) in [5.41, 5.74) is 2.89. The summed E-state index contributed by atoms with van der Waals surface area (Å²) in [6.07, 6.45) is 2.32. The van der Waals surface area contributed by atoms with E-state index in [0.717, 1.165) is 22.2 Å². The van der Waals surface area contributed by atoms with E-state index in [9.17, 15) is 4.79 Å². The van der Waals surface area contributed by atoms with Crippen molar-refractivity contribution >= 4 is 39.5 Å². The minimum Gasteiger partial charge on any atom is -0.324 e. The zero-order chi connectivity index (χ0) is 16.4. The number of nitrogens with one attached hydrogen (secondary N) is 1. The Hall–Kier alpha value is -3.05. The van der Waals surface area contributed by atoms with E-state index in [4.69, 9.17) is 0 Å². The average molecular weight is 331 g/mol. The molecule has 0 atom stereocenters. The smallest absolute Gasteiger partial charge is 0.153 e. The Morgan fingerprint density at radius 1 is 0.958 bits per heavy atom. The number of rotatable bonds is 4. The van der Waals surface area contributed by atoms with Crippen LogP contribution in [0.1, 0.15) is 10.4 Å². The minimum absolute atomic E-state index is 0.551. The molecule has 4 rings (SSSR count). The molecule has 0 radical (unpaired) electrons. The van der Waals surface area contributed by atoms with Crippen molar-refractivity contribution in [2.24, 2.45) is 0 Å². The largest absolute Gasteiger partial charge is 0.324 e. The van der Waals surface area contributed by atoms with Crippen LogP contribution in [0.25, 0.3) is 21.2 Å². The molecule has 0 saturated carbocycles. The molecule has 0 spiro atoms. The predicted octanol–water partition coefficient (Wildman–Crippen LogP) is 4.91. The Balaban J connectivity index is 1.74. The Bertz CT molecular complexity index is 994. The summed E-state index contributed by atoms with van der Waals surface area (Å²) in [6, 6.07) is 20.0. The van der Waals surface area contributed by atoms with Crippen LogP contribution in [0.4, 0.5) is 11.6 Å².